The average Bonchev–Trinajstić information content (AvgIpc) is 2.33. The first-order chi connectivity index (χ1) is 8.84. The van der Waals surface area contributed by atoms with Crippen molar-refractivity contribution in [2.75, 3.05) is 18.8 Å². The molecule has 0 fully saturated rings. The number of rotatable bonds is 5. The first-order valence-corrected chi connectivity index (χ1v) is 7.76. The van der Waals surface area contributed by atoms with Gasteiger partial charge in [-0.05, 0) is 34.5 Å². The number of nitrogens with two attached hydrogens (primary N) is 1. The minimum atomic E-state index is -3.83. The second kappa shape index (κ2) is 6.37. The van der Waals surface area contributed by atoms with E-state index in [1.165, 1.54) is 0 Å². The lowest BCUT2D eigenvalue weighted by Gasteiger charge is -2.20. The van der Waals surface area contributed by atoms with E-state index in [9.17, 15) is 12.8 Å². The summed E-state index contributed by atoms with van der Waals surface area (Å²) in [6, 6.07) is 2.12. The van der Waals surface area contributed by atoms with Crippen molar-refractivity contribution in [3.05, 3.63) is 22.4 Å². The summed E-state index contributed by atoms with van der Waals surface area (Å²) in [5.41, 5.74) is 5.45. The summed E-state index contributed by atoms with van der Waals surface area (Å²) in [5, 5.41) is 0. The Morgan fingerprint density at radius 3 is 2.68 bits per heavy atom. The van der Waals surface area contributed by atoms with Crippen molar-refractivity contribution in [3.63, 3.8) is 0 Å². The number of benzene rings is 1. The van der Waals surface area contributed by atoms with Gasteiger partial charge < -0.3 is 5.73 Å². The quantitative estimate of drug-likeness (QED) is 0.655. The summed E-state index contributed by atoms with van der Waals surface area (Å²) in [6.07, 6.45) is 5.78. The molecule has 0 aliphatic rings. The van der Waals surface area contributed by atoms with E-state index in [0.717, 1.165) is 16.4 Å². The molecule has 0 aliphatic heterocycles. The molecule has 104 valence electrons. The van der Waals surface area contributed by atoms with E-state index < -0.39 is 15.8 Å². The van der Waals surface area contributed by atoms with Crippen molar-refractivity contribution in [2.45, 2.75) is 18.2 Å². The summed E-state index contributed by atoms with van der Waals surface area (Å²) < 4.78 is 39.3. The van der Waals surface area contributed by atoms with Crippen LogP contribution in [0, 0.1) is 18.2 Å². The lowest BCUT2D eigenvalue weighted by atomic mass is 10.3. The first kappa shape index (κ1) is 16.0. The molecule has 0 saturated carbocycles. The number of anilines is 1. The fraction of sp³-hybridized carbons (Fsp3) is 0.333. The molecule has 0 atom stereocenters. The molecule has 0 spiro atoms. The number of nitrogen functional groups attached to an aromatic ring is 1. The molecular formula is C12H14BrFN2O2S. The fourth-order valence-electron chi connectivity index (χ4n) is 1.54. The van der Waals surface area contributed by atoms with Crippen molar-refractivity contribution in [2.24, 2.45) is 0 Å². The Balaban J connectivity index is 3.33. The van der Waals surface area contributed by atoms with Gasteiger partial charge >= 0.3 is 0 Å². The number of nitrogens with zero attached hydrogens (tertiary/aromatic N) is 1. The Morgan fingerprint density at radius 1 is 1.53 bits per heavy atom. The van der Waals surface area contributed by atoms with Crippen molar-refractivity contribution in [1.82, 2.24) is 4.31 Å². The molecular weight excluding hydrogens is 335 g/mol. The summed E-state index contributed by atoms with van der Waals surface area (Å²) in [7, 11) is -3.83. The van der Waals surface area contributed by atoms with Gasteiger partial charge in [0, 0.05) is 6.54 Å². The third kappa shape index (κ3) is 3.47. The molecule has 0 amide bonds. The van der Waals surface area contributed by atoms with Crippen molar-refractivity contribution in [1.29, 1.82) is 0 Å². The van der Waals surface area contributed by atoms with E-state index in [4.69, 9.17) is 12.2 Å². The molecule has 0 radical (unpaired) electrons. The van der Waals surface area contributed by atoms with Crippen LogP contribution in [0.4, 0.5) is 10.1 Å². The predicted octanol–water partition coefficient (Wildman–Crippen LogP) is 2.20. The number of halogens is 2. The van der Waals surface area contributed by atoms with E-state index in [2.05, 4.69) is 21.9 Å². The van der Waals surface area contributed by atoms with E-state index >= 15 is 0 Å². The van der Waals surface area contributed by atoms with Crippen molar-refractivity contribution >= 4 is 31.6 Å². The van der Waals surface area contributed by atoms with Gasteiger partial charge in [0.1, 0.15) is 10.7 Å². The van der Waals surface area contributed by atoms with Crippen LogP contribution in [0.15, 0.2) is 21.5 Å². The predicted molar refractivity (Wildman–Crippen MR) is 76.4 cm³/mol. The zero-order valence-electron chi connectivity index (χ0n) is 10.4. The Labute approximate surface area is 121 Å². The number of hydrogen-bond acceptors (Lipinski definition) is 3. The van der Waals surface area contributed by atoms with Crippen LogP contribution in [0.5, 0.6) is 0 Å². The SMILES string of the molecule is C#CCN(CCC)S(=O)(=O)c1cc(Br)c(F)cc1N. The van der Waals surface area contributed by atoms with Gasteiger partial charge in [-0.2, -0.15) is 4.31 Å². The molecule has 0 unspecified atom stereocenters. The molecule has 1 aromatic rings. The number of hydrogen-bond donors (Lipinski definition) is 1. The van der Waals surface area contributed by atoms with Gasteiger partial charge in [-0.15, -0.1) is 6.42 Å². The minimum absolute atomic E-state index is 0.0393. The zero-order valence-corrected chi connectivity index (χ0v) is 12.8. The Bertz CT molecular complexity index is 611. The highest BCUT2D eigenvalue weighted by molar-refractivity contribution is 9.10. The number of sulfonamides is 1. The average molecular weight is 349 g/mol. The van der Waals surface area contributed by atoms with E-state index in [1.54, 1.807) is 0 Å². The van der Waals surface area contributed by atoms with Crippen LogP contribution < -0.4 is 5.73 Å². The Morgan fingerprint density at radius 2 is 2.16 bits per heavy atom. The zero-order chi connectivity index (χ0) is 14.6. The minimum Gasteiger partial charge on any atom is -0.398 e. The van der Waals surface area contributed by atoms with E-state index in [0.29, 0.717) is 6.42 Å². The van der Waals surface area contributed by atoms with Gasteiger partial charge in [-0.1, -0.05) is 12.8 Å². The van der Waals surface area contributed by atoms with Crippen LogP contribution in [-0.2, 0) is 10.0 Å². The smallest absolute Gasteiger partial charge is 0.246 e. The molecule has 4 nitrogen and oxygen atoms in total. The van der Waals surface area contributed by atoms with Crippen LogP contribution in [0.1, 0.15) is 13.3 Å². The van der Waals surface area contributed by atoms with Gasteiger partial charge in [-0.25, -0.2) is 12.8 Å². The van der Waals surface area contributed by atoms with Crippen molar-refractivity contribution < 1.29 is 12.8 Å². The second-order valence-corrected chi connectivity index (χ2v) is 6.61. The lowest BCUT2D eigenvalue weighted by Crippen LogP contribution is -2.32. The molecule has 0 heterocycles. The molecule has 0 aromatic heterocycles. The Hall–Kier alpha value is -1.10. The highest BCUT2D eigenvalue weighted by atomic mass is 79.9. The fourth-order valence-corrected chi connectivity index (χ4v) is 3.61. The van der Waals surface area contributed by atoms with E-state index in [-0.39, 0.29) is 28.1 Å². The highest BCUT2D eigenvalue weighted by Gasteiger charge is 2.26. The third-order valence-corrected chi connectivity index (χ3v) is 4.92. The third-order valence-electron chi connectivity index (χ3n) is 2.41. The summed E-state index contributed by atoms with van der Waals surface area (Å²) in [5.74, 6) is 1.68. The maximum Gasteiger partial charge on any atom is 0.246 e. The molecule has 1 aromatic carbocycles. The molecule has 0 bridgehead atoms. The molecule has 19 heavy (non-hydrogen) atoms. The molecule has 2 N–H and O–H groups in total. The van der Waals surface area contributed by atoms with Gasteiger partial charge in [0.05, 0.1) is 16.7 Å². The van der Waals surface area contributed by atoms with Crippen LogP contribution in [0.2, 0.25) is 0 Å². The standard InChI is InChI=1S/C12H14BrFN2O2S/c1-3-5-16(6-4-2)19(17,18)12-7-9(13)10(14)8-11(12)15/h1,7-8H,4-6,15H2,2H3. The molecule has 0 saturated heterocycles. The molecule has 0 aliphatic carbocycles. The Kier molecular flexibility index (Phi) is 5.35. The van der Waals surface area contributed by atoms with Gasteiger partial charge in [0.2, 0.25) is 10.0 Å². The number of terminal acetylenes is 1. The van der Waals surface area contributed by atoms with Crippen molar-refractivity contribution in [3.8, 4) is 12.3 Å². The normalized spacial score (nSPS) is 11.5. The highest BCUT2D eigenvalue weighted by Crippen LogP contribution is 2.28. The topological polar surface area (TPSA) is 63.4 Å². The van der Waals surface area contributed by atoms with Gasteiger partial charge in [0.15, 0.2) is 0 Å². The van der Waals surface area contributed by atoms with Crippen LogP contribution in [-0.4, -0.2) is 25.8 Å². The van der Waals surface area contributed by atoms with Gasteiger partial charge in [-0.3, -0.25) is 0 Å². The van der Waals surface area contributed by atoms with Crippen LogP contribution in [0.25, 0.3) is 0 Å². The molecule has 7 heteroatoms. The van der Waals surface area contributed by atoms with Crippen LogP contribution in [0.3, 0.4) is 0 Å². The summed E-state index contributed by atoms with van der Waals surface area (Å²) in [4.78, 5) is -0.149. The van der Waals surface area contributed by atoms with E-state index in [1.807, 2.05) is 6.92 Å². The maximum absolute atomic E-state index is 13.3. The van der Waals surface area contributed by atoms with Crippen LogP contribution >= 0.6 is 15.9 Å². The molecule has 1 rings (SSSR count). The largest absolute Gasteiger partial charge is 0.398 e. The maximum atomic E-state index is 13.3. The lowest BCUT2D eigenvalue weighted by molar-refractivity contribution is 0.446. The second-order valence-electron chi connectivity index (χ2n) is 3.85. The summed E-state index contributed by atoms with van der Waals surface area (Å²) >= 11 is 2.95. The summed E-state index contributed by atoms with van der Waals surface area (Å²) in [6.45, 7) is 2.06. The monoisotopic (exact) mass is 348 g/mol. The van der Waals surface area contributed by atoms with Gasteiger partial charge in [0.25, 0.3) is 0 Å². The first-order valence-electron chi connectivity index (χ1n) is 5.52.